The second-order valence-electron chi connectivity index (χ2n) is 10.6. The first-order chi connectivity index (χ1) is 16.2. The van der Waals surface area contributed by atoms with Gasteiger partial charge < -0.3 is 23.7 Å². The zero-order valence-electron chi connectivity index (χ0n) is 18.6. The monoisotopic (exact) mass is 492 g/mol. The summed E-state index contributed by atoms with van der Waals surface area (Å²) < 4.78 is 58.1. The van der Waals surface area contributed by atoms with Crippen LogP contribution in [0.1, 0.15) is 38.5 Å². The number of rotatable bonds is 7. The van der Waals surface area contributed by atoms with Crippen molar-refractivity contribution in [2.24, 2.45) is 23.2 Å². The Morgan fingerprint density at radius 2 is 1.38 bits per heavy atom. The molecule has 4 fully saturated rings. The molecule has 1 aromatic heterocycles. The van der Waals surface area contributed by atoms with E-state index in [4.69, 9.17) is 23.7 Å². The highest BCUT2D eigenvalue weighted by Crippen LogP contribution is 2.60. The predicted octanol–water partition coefficient (Wildman–Crippen LogP) is 6.02. The molecule has 182 valence electrons. The van der Waals surface area contributed by atoms with Crippen LogP contribution in [0.3, 0.4) is 0 Å². The second-order valence-corrected chi connectivity index (χ2v) is 12.3. The molecule has 2 aromatic carbocycles. The van der Waals surface area contributed by atoms with Crippen LogP contribution in [-0.4, -0.2) is 29.2 Å². The van der Waals surface area contributed by atoms with Crippen molar-refractivity contribution in [1.29, 1.82) is 0 Å². The van der Waals surface area contributed by atoms with Crippen molar-refractivity contribution >= 4 is 29.5 Å². The molecule has 4 aliphatic carbocycles. The van der Waals surface area contributed by atoms with Crippen LogP contribution in [-0.2, 0) is 4.57 Å². The summed E-state index contributed by atoms with van der Waals surface area (Å²) in [5.74, 6) is 0.743. The van der Waals surface area contributed by atoms with Gasteiger partial charge in [-0.1, -0.05) is 0 Å². The molecule has 4 saturated carbocycles. The van der Waals surface area contributed by atoms with E-state index in [9.17, 15) is 8.96 Å². The van der Waals surface area contributed by atoms with E-state index >= 15 is 4.39 Å². The van der Waals surface area contributed by atoms with Crippen LogP contribution < -0.4 is 9.47 Å². The van der Waals surface area contributed by atoms with Crippen LogP contribution in [0.2, 0.25) is 0 Å². The fourth-order valence-corrected chi connectivity index (χ4v) is 7.33. The predicted molar refractivity (Wildman–Crippen MR) is 122 cm³/mol. The van der Waals surface area contributed by atoms with E-state index < -0.39 is 25.4 Å². The third-order valence-electron chi connectivity index (χ3n) is 7.96. The topological polar surface area (TPSA) is 89.1 Å². The minimum Gasteiger partial charge on any atom is -0.490 e. The Balaban J connectivity index is 1.25. The maximum Gasteiger partial charge on any atom is 0.328 e. The van der Waals surface area contributed by atoms with E-state index in [0.29, 0.717) is 17.4 Å². The zero-order valence-corrected chi connectivity index (χ0v) is 19.5. The summed E-state index contributed by atoms with van der Waals surface area (Å²) in [6.07, 6.45) is 6.92. The lowest BCUT2D eigenvalue weighted by molar-refractivity contribution is -0.0749. The van der Waals surface area contributed by atoms with Crippen molar-refractivity contribution in [3.8, 4) is 11.5 Å². The van der Waals surface area contributed by atoms with Crippen molar-refractivity contribution in [3.05, 3.63) is 35.9 Å². The number of hydrogen-bond acceptors (Lipinski definition) is 4. The third-order valence-corrected chi connectivity index (χ3v) is 8.72. The molecule has 6 nitrogen and oxygen atoms in total. The lowest BCUT2D eigenvalue weighted by Crippen LogP contribution is -2.48. The molecule has 34 heavy (non-hydrogen) atoms. The fraction of sp³-hybridized carbons (Fsp3) is 0.520. The number of benzene rings is 2. The number of fused-ring (bicyclic) bond motifs is 3. The quantitative estimate of drug-likeness (QED) is 0.393. The average Bonchev–Trinajstić information content (AvgIpc) is 3.14. The second kappa shape index (κ2) is 7.94. The molecule has 0 saturated heterocycles. The van der Waals surface area contributed by atoms with Crippen molar-refractivity contribution in [2.75, 3.05) is 19.4 Å². The van der Waals surface area contributed by atoms with Gasteiger partial charge in [0, 0.05) is 16.2 Å². The molecule has 2 N–H and O–H groups in total. The van der Waals surface area contributed by atoms with Crippen LogP contribution in [0.15, 0.2) is 28.7 Å². The van der Waals surface area contributed by atoms with Gasteiger partial charge in [0.15, 0.2) is 22.7 Å². The fourth-order valence-electron chi connectivity index (χ4n) is 7.00. The molecule has 0 aliphatic heterocycles. The Morgan fingerprint density at radius 3 is 1.88 bits per heavy atom. The number of furan rings is 1. The van der Waals surface area contributed by atoms with Crippen LogP contribution in [0.25, 0.3) is 21.9 Å². The lowest BCUT2D eigenvalue weighted by atomic mass is 9.50. The molecule has 3 aromatic rings. The summed E-state index contributed by atoms with van der Waals surface area (Å²) in [4.78, 5) is 17.9. The summed E-state index contributed by atoms with van der Waals surface area (Å²) in [6, 6.07) is 6.15. The third kappa shape index (κ3) is 3.90. The van der Waals surface area contributed by atoms with Crippen LogP contribution in [0.4, 0.5) is 8.78 Å². The molecule has 7 rings (SSSR count). The maximum atomic E-state index is 15.4. The van der Waals surface area contributed by atoms with Gasteiger partial charge in [0.2, 0.25) is 11.6 Å². The Bertz CT molecular complexity index is 1280. The Hall–Kier alpha value is -2.15. The van der Waals surface area contributed by atoms with E-state index in [1.54, 1.807) is 18.2 Å². The number of ether oxygens (including phenoxy) is 2. The SMILES string of the molecule is O=P(O)(O)CCOc1ccc2c(oc3c(F)c(OC[C@]45CC6CC(C[C@H](C6)C4)C5)ccc32)c1F. The van der Waals surface area contributed by atoms with Gasteiger partial charge in [-0.15, -0.1) is 0 Å². The van der Waals surface area contributed by atoms with Gasteiger partial charge in [0.05, 0.1) is 19.4 Å². The van der Waals surface area contributed by atoms with Crippen molar-refractivity contribution in [2.45, 2.75) is 38.5 Å². The smallest absolute Gasteiger partial charge is 0.328 e. The molecule has 1 heterocycles. The first-order valence-corrected chi connectivity index (χ1v) is 13.6. The van der Waals surface area contributed by atoms with E-state index in [-0.39, 0.29) is 34.7 Å². The molecule has 0 atom stereocenters. The molecule has 4 bridgehead atoms. The van der Waals surface area contributed by atoms with E-state index in [2.05, 4.69) is 0 Å². The highest BCUT2D eigenvalue weighted by Gasteiger charge is 2.51. The minimum atomic E-state index is -4.26. The normalized spacial score (nSPS) is 28.2. The lowest BCUT2D eigenvalue weighted by Gasteiger charge is -2.56. The van der Waals surface area contributed by atoms with Gasteiger partial charge in [-0.25, -0.2) is 0 Å². The highest BCUT2D eigenvalue weighted by molar-refractivity contribution is 7.51. The largest absolute Gasteiger partial charge is 0.490 e. The number of hydrogen-bond donors (Lipinski definition) is 2. The summed E-state index contributed by atoms with van der Waals surface area (Å²) in [7, 11) is -4.26. The van der Waals surface area contributed by atoms with E-state index in [1.807, 2.05) is 0 Å². The molecular formula is C25H27F2O6P. The zero-order chi connectivity index (χ0) is 23.7. The number of halogens is 2. The van der Waals surface area contributed by atoms with Crippen LogP contribution >= 0.6 is 7.60 Å². The molecule has 9 heteroatoms. The first-order valence-electron chi connectivity index (χ1n) is 11.8. The van der Waals surface area contributed by atoms with Crippen molar-refractivity contribution in [1.82, 2.24) is 0 Å². The summed E-state index contributed by atoms with van der Waals surface area (Å²) in [5.41, 5.74) is -0.111. The Kier molecular flexibility index (Phi) is 5.21. The standard InChI is InChI=1S/C25H27F2O6P/c26-21-19(31-5-6-34(28,29)30)3-1-17-18-2-4-20(22(27)24(18)33-23(17)21)32-13-25-10-14-7-15(11-25)9-16(8-14)12-25/h1-4,14-16H,5-13H2,(H2,28,29,30)/t14-,15?,16?,25-. The molecule has 4 aliphatic rings. The van der Waals surface area contributed by atoms with Gasteiger partial charge in [-0.2, -0.15) is 8.78 Å². The van der Waals surface area contributed by atoms with Crippen molar-refractivity contribution < 1.29 is 37.0 Å². The van der Waals surface area contributed by atoms with Gasteiger partial charge in [0.1, 0.15) is 0 Å². The summed E-state index contributed by atoms with van der Waals surface area (Å²) in [5, 5.41) is 0.816. The summed E-state index contributed by atoms with van der Waals surface area (Å²) >= 11 is 0. The molecular weight excluding hydrogens is 465 g/mol. The molecule has 0 radical (unpaired) electrons. The molecule has 0 amide bonds. The van der Waals surface area contributed by atoms with Gasteiger partial charge in [-0.05, 0) is 80.5 Å². The minimum absolute atomic E-state index is 0.0794. The van der Waals surface area contributed by atoms with Gasteiger partial charge in [0.25, 0.3) is 0 Å². The van der Waals surface area contributed by atoms with Gasteiger partial charge >= 0.3 is 7.60 Å². The van der Waals surface area contributed by atoms with Gasteiger partial charge in [-0.3, -0.25) is 4.57 Å². The first kappa shape index (κ1) is 22.3. The Morgan fingerprint density at radius 1 is 0.882 bits per heavy atom. The highest BCUT2D eigenvalue weighted by atomic mass is 31.2. The summed E-state index contributed by atoms with van der Waals surface area (Å²) in [6.45, 7) is 0.134. The maximum absolute atomic E-state index is 15.4. The van der Waals surface area contributed by atoms with Crippen LogP contribution in [0, 0.1) is 34.8 Å². The van der Waals surface area contributed by atoms with Crippen LogP contribution in [0.5, 0.6) is 11.5 Å². The Labute approximate surface area is 195 Å². The average molecular weight is 492 g/mol. The van der Waals surface area contributed by atoms with Crippen molar-refractivity contribution in [3.63, 3.8) is 0 Å². The molecule has 0 spiro atoms. The van der Waals surface area contributed by atoms with E-state index in [1.165, 1.54) is 25.3 Å². The molecule has 0 unspecified atom stereocenters. The van der Waals surface area contributed by atoms with E-state index in [0.717, 1.165) is 37.0 Å².